The molecule has 10 heteroatoms. The number of aromatic nitrogens is 3. The van der Waals surface area contributed by atoms with Gasteiger partial charge in [-0.3, -0.25) is 28.6 Å². The molecule has 2 aromatic rings. The average molecular weight is 603 g/mol. The van der Waals surface area contributed by atoms with Crippen LogP contribution in [-0.4, -0.2) is 86.9 Å². The van der Waals surface area contributed by atoms with Gasteiger partial charge in [0.2, 0.25) is 5.91 Å². The summed E-state index contributed by atoms with van der Waals surface area (Å²) in [5.41, 5.74) is 5.89. The second kappa shape index (κ2) is 12.8. The quantitative estimate of drug-likeness (QED) is 0.316. The van der Waals surface area contributed by atoms with E-state index in [0.29, 0.717) is 46.9 Å². The number of morpholine rings is 1. The fourth-order valence-electron chi connectivity index (χ4n) is 6.92. The van der Waals surface area contributed by atoms with Gasteiger partial charge in [0.1, 0.15) is 17.8 Å². The molecular weight excluding hydrogens is 554 g/mol. The predicted octanol–water partition coefficient (Wildman–Crippen LogP) is 4.82. The number of nitrogens with one attached hydrogen (secondary N) is 2. The number of amides is 2. The van der Waals surface area contributed by atoms with Gasteiger partial charge in [0, 0.05) is 43.7 Å². The number of aryl methyl sites for hydroxylation is 2. The standard InChI is InChI=1S/C34H47N7O3/c1-8-29-11-10-26(27-18-36-39(6)20-27)16-23(3)41(29,7)31(9-2)24(4)33(43)38-30-17-28(19-35-25(30)5)37-32(42)21-40-14-15-44-22-34(40)12-13-34/h10-11,16-20,23,29H,8-9,12-15,21-22H2,1-7H3,(H-,37,38,42,43)/p+1/b31-24+. The summed E-state index contributed by atoms with van der Waals surface area (Å²) in [6.07, 6.45) is 16.2. The molecule has 2 aliphatic heterocycles. The fourth-order valence-corrected chi connectivity index (χ4v) is 6.92. The number of pyridine rings is 1. The van der Waals surface area contributed by atoms with Crippen LogP contribution in [0.2, 0.25) is 0 Å². The van der Waals surface area contributed by atoms with Gasteiger partial charge in [-0.25, -0.2) is 0 Å². The van der Waals surface area contributed by atoms with Crippen molar-refractivity contribution in [1.29, 1.82) is 0 Å². The van der Waals surface area contributed by atoms with E-state index < -0.39 is 0 Å². The van der Waals surface area contributed by atoms with E-state index in [1.807, 2.05) is 38.0 Å². The highest BCUT2D eigenvalue weighted by Gasteiger charge is 2.50. The third-order valence-corrected chi connectivity index (χ3v) is 9.93. The Morgan fingerprint density at radius 2 is 1.98 bits per heavy atom. The number of ether oxygens (including phenoxy) is 1. The van der Waals surface area contributed by atoms with Crippen molar-refractivity contribution in [3.05, 3.63) is 65.4 Å². The van der Waals surface area contributed by atoms with Crippen LogP contribution in [0.5, 0.6) is 0 Å². The summed E-state index contributed by atoms with van der Waals surface area (Å²) in [5, 5.41) is 10.5. The number of likely N-dealkylation sites (N-methyl/N-ethyl adjacent to an activating group) is 1. The third kappa shape index (κ3) is 6.29. The first kappa shape index (κ1) is 31.8. The molecule has 10 nitrogen and oxygen atoms in total. The molecule has 0 radical (unpaired) electrons. The van der Waals surface area contributed by atoms with Crippen molar-refractivity contribution in [3.8, 4) is 0 Å². The number of allylic oxidation sites excluding steroid dienone is 3. The minimum absolute atomic E-state index is 0.0355. The molecular formula is C34H48N7O3+. The van der Waals surface area contributed by atoms with Crippen LogP contribution in [0.15, 0.2) is 54.2 Å². The molecule has 1 spiro atoms. The van der Waals surface area contributed by atoms with E-state index in [4.69, 9.17) is 4.74 Å². The normalized spacial score (nSPS) is 25.2. The van der Waals surface area contributed by atoms with Gasteiger partial charge in [-0.2, -0.15) is 5.10 Å². The molecule has 236 valence electrons. The van der Waals surface area contributed by atoms with Crippen LogP contribution in [0.25, 0.3) is 5.57 Å². The number of anilines is 2. The van der Waals surface area contributed by atoms with Gasteiger partial charge in [-0.05, 0) is 57.4 Å². The van der Waals surface area contributed by atoms with Crippen LogP contribution >= 0.6 is 0 Å². The Morgan fingerprint density at radius 3 is 2.64 bits per heavy atom. The lowest BCUT2D eigenvalue weighted by Gasteiger charge is -2.45. The Morgan fingerprint density at radius 1 is 1.20 bits per heavy atom. The molecule has 1 saturated carbocycles. The third-order valence-electron chi connectivity index (χ3n) is 9.93. The van der Waals surface area contributed by atoms with E-state index in [1.165, 1.54) is 0 Å². The number of carbonyl (C=O) groups excluding carboxylic acids is 2. The molecule has 3 atom stereocenters. The van der Waals surface area contributed by atoms with E-state index >= 15 is 0 Å². The van der Waals surface area contributed by atoms with E-state index in [0.717, 1.165) is 49.1 Å². The second-order valence-corrected chi connectivity index (χ2v) is 12.7. The minimum Gasteiger partial charge on any atom is -0.378 e. The van der Waals surface area contributed by atoms with E-state index in [1.54, 1.807) is 12.3 Å². The van der Waals surface area contributed by atoms with Crippen molar-refractivity contribution in [1.82, 2.24) is 19.7 Å². The molecule has 3 aliphatic rings. The highest BCUT2D eigenvalue weighted by Crippen LogP contribution is 2.43. The van der Waals surface area contributed by atoms with Crippen LogP contribution < -0.4 is 10.6 Å². The molecule has 1 aliphatic carbocycles. The topological polar surface area (TPSA) is 101 Å². The monoisotopic (exact) mass is 602 g/mol. The number of hydrogen-bond donors (Lipinski definition) is 2. The van der Waals surface area contributed by atoms with Crippen LogP contribution in [-0.2, 0) is 21.4 Å². The average Bonchev–Trinajstić information content (AvgIpc) is 3.66. The summed E-state index contributed by atoms with van der Waals surface area (Å²) in [5.74, 6) is -0.249. The smallest absolute Gasteiger partial charge is 0.256 e. The molecule has 44 heavy (non-hydrogen) atoms. The summed E-state index contributed by atoms with van der Waals surface area (Å²) < 4.78 is 8.08. The van der Waals surface area contributed by atoms with Crippen LogP contribution in [0, 0.1) is 6.92 Å². The molecule has 2 aromatic heterocycles. The number of carbonyl (C=O) groups is 2. The summed E-state index contributed by atoms with van der Waals surface area (Å²) in [7, 11) is 4.17. The van der Waals surface area contributed by atoms with E-state index in [9.17, 15) is 9.59 Å². The van der Waals surface area contributed by atoms with Gasteiger partial charge < -0.3 is 15.4 Å². The molecule has 2 fully saturated rings. The highest BCUT2D eigenvalue weighted by atomic mass is 16.5. The Balaban J connectivity index is 1.35. The molecule has 4 heterocycles. The maximum Gasteiger partial charge on any atom is 0.256 e. The summed E-state index contributed by atoms with van der Waals surface area (Å²) in [4.78, 5) is 33.5. The number of rotatable bonds is 9. The lowest BCUT2D eigenvalue weighted by Crippen LogP contribution is -2.55. The lowest BCUT2D eigenvalue weighted by atomic mass is 10.00. The van der Waals surface area contributed by atoms with Crippen molar-refractivity contribution in [2.24, 2.45) is 7.05 Å². The van der Waals surface area contributed by atoms with Gasteiger partial charge in [0.25, 0.3) is 5.91 Å². The zero-order valence-electron chi connectivity index (χ0n) is 27.3. The van der Waals surface area contributed by atoms with Gasteiger partial charge in [-0.1, -0.05) is 19.9 Å². The largest absolute Gasteiger partial charge is 0.378 e. The molecule has 1 saturated heterocycles. The number of hydrogen-bond acceptors (Lipinski definition) is 6. The summed E-state index contributed by atoms with van der Waals surface area (Å²) in [6.45, 7) is 12.8. The zero-order valence-corrected chi connectivity index (χ0v) is 27.3. The molecule has 2 N–H and O–H groups in total. The first-order valence-corrected chi connectivity index (χ1v) is 15.9. The Bertz CT molecular complexity index is 1500. The SMILES string of the molecule is CC/C(=C(/C)C(=O)Nc1cc(NC(=O)CN2CCOCC23CC3)cnc1C)[N+]1(C)C(C)C=C(c2cnn(C)c2)C=CC1CC. The van der Waals surface area contributed by atoms with Gasteiger partial charge in [0.15, 0.2) is 0 Å². The molecule has 3 unspecified atom stereocenters. The van der Waals surface area contributed by atoms with Crippen molar-refractivity contribution in [2.75, 3.05) is 44.0 Å². The fraction of sp³-hybridized carbons (Fsp3) is 0.529. The summed E-state index contributed by atoms with van der Waals surface area (Å²) >= 11 is 0. The van der Waals surface area contributed by atoms with Crippen LogP contribution in [0.4, 0.5) is 11.4 Å². The maximum absolute atomic E-state index is 13.8. The van der Waals surface area contributed by atoms with E-state index in [-0.39, 0.29) is 29.4 Å². The Hall–Kier alpha value is -3.60. The van der Waals surface area contributed by atoms with Crippen molar-refractivity contribution in [3.63, 3.8) is 0 Å². The number of nitrogens with zero attached hydrogens (tertiary/aromatic N) is 5. The lowest BCUT2D eigenvalue weighted by molar-refractivity contribution is -0.908. The molecule has 5 rings (SSSR count). The first-order valence-electron chi connectivity index (χ1n) is 15.9. The maximum atomic E-state index is 13.8. The summed E-state index contributed by atoms with van der Waals surface area (Å²) in [6, 6.07) is 2.11. The Labute approximate surface area is 261 Å². The van der Waals surface area contributed by atoms with Crippen LogP contribution in [0.1, 0.15) is 64.6 Å². The van der Waals surface area contributed by atoms with Crippen molar-refractivity contribution < 1.29 is 18.8 Å². The van der Waals surface area contributed by atoms with Crippen molar-refractivity contribution in [2.45, 2.75) is 77.9 Å². The zero-order chi connectivity index (χ0) is 31.6. The van der Waals surface area contributed by atoms with E-state index in [2.05, 4.69) is 71.7 Å². The van der Waals surface area contributed by atoms with Gasteiger partial charge in [0.05, 0.1) is 61.8 Å². The Kier molecular flexibility index (Phi) is 9.25. The minimum atomic E-state index is -0.162. The first-order chi connectivity index (χ1) is 21.0. The van der Waals surface area contributed by atoms with Crippen molar-refractivity contribution >= 4 is 28.8 Å². The predicted molar refractivity (Wildman–Crippen MR) is 174 cm³/mol. The molecule has 0 aromatic carbocycles. The highest BCUT2D eigenvalue weighted by molar-refractivity contribution is 6.04. The van der Waals surface area contributed by atoms with Gasteiger partial charge >= 0.3 is 0 Å². The van der Waals surface area contributed by atoms with Crippen LogP contribution in [0.3, 0.4) is 0 Å². The number of quaternary nitrogens is 1. The van der Waals surface area contributed by atoms with Gasteiger partial charge in [-0.15, -0.1) is 0 Å². The molecule has 0 bridgehead atoms. The molecule has 2 amide bonds. The second-order valence-electron chi connectivity index (χ2n) is 12.7.